The van der Waals surface area contributed by atoms with Crippen LogP contribution < -0.4 is 15.5 Å². The molecule has 2 N–H and O–H groups in total. The first kappa shape index (κ1) is 14.9. The van der Waals surface area contributed by atoms with Crippen molar-refractivity contribution >= 4 is 29.2 Å². The molecule has 1 aromatic heterocycles. The van der Waals surface area contributed by atoms with Crippen molar-refractivity contribution in [3.63, 3.8) is 0 Å². The van der Waals surface area contributed by atoms with Crippen molar-refractivity contribution in [3.8, 4) is 5.75 Å². The molecule has 2 aromatic rings. The number of benzene rings is 1. The third-order valence-electron chi connectivity index (χ3n) is 2.51. The van der Waals surface area contributed by atoms with Gasteiger partial charge in [-0.1, -0.05) is 12.1 Å². The van der Waals surface area contributed by atoms with Gasteiger partial charge in [-0.15, -0.1) is 0 Å². The molecular formula is C15H16N4OS. The molecule has 0 aliphatic rings. The number of ether oxygens (including phenoxy) is 1. The molecule has 0 bridgehead atoms. The number of aromatic nitrogens is 1. The predicted octanol–water partition coefficient (Wildman–Crippen LogP) is 2.80. The molecular weight excluding hydrogens is 284 g/mol. The summed E-state index contributed by atoms with van der Waals surface area (Å²) >= 11 is 5.14. The molecule has 1 heterocycles. The van der Waals surface area contributed by atoms with Crippen molar-refractivity contribution in [1.82, 2.24) is 10.4 Å². The SMILES string of the molecule is CCOc1ccccc1C=NNC(=S)Nc1cccnc1. The van der Waals surface area contributed by atoms with Crippen molar-refractivity contribution in [1.29, 1.82) is 0 Å². The van der Waals surface area contributed by atoms with Gasteiger partial charge in [-0.05, 0) is 43.4 Å². The molecule has 5 nitrogen and oxygen atoms in total. The molecule has 0 radical (unpaired) electrons. The molecule has 0 saturated heterocycles. The molecule has 0 unspecified atom stereocenters. The Bertz CT molecular complexity index is 616. The summed E-state index contributed by atoms with van der Waals surface area (Å²) in [4.78, 5) is 3.99. The summed E-state index contributed by atoms with van der Waals surface area (Å²) < 4.78 is 5.51. The normalized spacial score (nSPS) is 10.3. The van der Waals surface area contributed by atoms with E-state index in [9.17, 15) is 0 Å². The summed E-state index contributed by atoms with van der Waals surface area (Å²) in [5.41, 5.74) is 4.45. The van der Waals surface area contributed by atoms with Crippen LogP contribution in [-0.4, -0.2) is 22.9 Å². The fraction of sp³-hybridized carbons (Fsp3) is 0.133. The minimum absolute atomic E-state index is 0.396. The number of pyridine rings is 1. The van der Waals surface area contributed by atoms with Crippen LogP contribution in [0.2, 0.25) is 0 Å². The lowest BCUT2D eigenvalue weighted by Crippen LogP contribution is -2.23. The van der Waals surface area contributed by atoms with Crippen molar-refractivity contribution in [2.75, 3.05) is 11.9 Å². The van der Waals surface area contributed by atoms with E-state index in [1.807, 2.05) is 43.3 Å². The summed E-state index contributed by atoms with van der Waals surface area (Å²) in [6, 6.07) is 11.4. The zero-order valence-electron chi connectivity index (χ0n) is 11.6. The average Bonchev–Trinajstić information content (AvgIpc) is 2.50. The maximum absolute atomic E-state index is 5.51. The lowest BCUT2D eigenvalue weighted by atomic mass is 10.2. The number of hydrogen-bond donors (Lipinski definition) is 2. The summed E-state index contributed by atoms with van der Waals surface area (Å²) in [6.45, 7) is 2.55. The Labute approximate surface area is 129 Å². The van der Waals surface area contributed by atoms with Crippen molar-refractivity contribution in [3.05, 3.63) is 54.4 Å². The summed E-state index contributed by atoms with van der Waals surface area (Å²) in [7, 11) is 0. The van der Waals surface area contributed by atoms with E-state index in [2.05, 4.69) is 20.8 Å². The average molecular weight is 300 g/mol. The molecule has 1 aromatic carbocycles. The Morgan fingerprint density at radius 3 is 2.95 bits per heavy atom. The van der Waals surface area contributed by atoms with Crippen LogP contribution in [0.1, 0.15) is 12.5 Å². The monoisotopic (exact) mass is 300 g/mol. The molecule has 0 spiro atoms. The van der Waals surface area contributed by atoms with Gasteiger partial charge in [-0.25, -0.2) is 0 Å². The topological polar surface area (TPSA) is 58.5 Å². The second kappa shape index (κ2) is 7.96. The highest BCUT2D eigenvalue weighted by Gasteiger charge is 1.99. The van der Waals surface area contributed by atoms with E-state index < -0.39 is 0 Å². The Morgan fingerprint density at radius 1 is 1.33 bits per heavy atom. The van der Waals surface area contributed by atoms with E-state index in [1.165, 1.54) is 0 Å². The Kier molecular flexibility index (Phi) is 5.66. The van der Waals surface area contributed by atoms with Gasteiger partial charge in [0.15, 0.2) is 5.11 Å². The highest BCUT2D eigenvalue weighted by molar-refractivity contribution is 7.80. The number of rotatable bonds is 5. The lowest BCUT2D eigenvalue weighted by Gasteiger charge is -2.07. The van der Waals surface area contributed by atoms with E-state index >= 15 is 0 Å². The van der Waals surface area contributed by atoms with Crippen LogP contribution >= 0.6 is 12.2 Å². The van der Waals surface area contributed by atoms with E-state index in [4.69, 9.17) is 17.0 Å². The highest BCUT2D eigenvalue weighted by atomic mass is 32.1. The highest BCUT2D eigenvalue weighted by Crippen LogP contribution is 2.15. The zero-order chi connectivity index (χ0) is 14.9. The van der Waals surface area contributed by atoms with Crippen LogP contribution in [0.25, 0.3) is 0 Å². The first-order valence-corrected chi connectivity index (χ1v) is 6.92. The number of para-hydroxylation sites is 1. The summed E-state index contributed by atoms with van der Waals surface area (Å²) in [5.74, 6) is 0.789. The number of anilines is 1. The molecule has 0 saturated carbocycles. The minimum Gasteiger partial charge on any atom is -0.493 e. The molecule has 0 amide bonds. The van der Waals surface area contributed by atoms with Crippen molar-refractivity contribution < 1.29 is 4.74 Å². The van der Waals surface area contributed by atoms with E-state index in [0.29, 0.717) is 11.7 Å². The van der Waals surface area contributed by atoms with Gasteiger partial charge in [0.1, 0.15) is 5.75 Å². The van der Waals surface area contributed by atoms with E-state index in [0.717, 1.165) is 17.0 Å². The van der Waals surface area contributed by atoms with Crippen molar-refractivity contribution in [2.24, 2.45) is 5.10 Å². The molecule has 21 heavy (non-hydrogen) atoms. The maximum atomic E-state index is 5.51. The summed E-state index contributed by atoms with van der Waals surface area (Å²) in [5, 5.41) is 7.48. The van der Waals surface area contributed by atoms with Gasteiger partial charge in [0.2, 0.25) is 0 Å². The molecule has 0 atom stereocenters. The van der Waals surface area contributed by atoms with Gasteiger partial charge < -0.3 is 10.1 Å². The van der Waals surface area contributed by atoms with E-state index in [-0.39, 0.29) is 0 Å². The van der Waals surface area contributed by atoms with Gasteiger partial charge in [0.05, 0.1) is 24.7 Å². The number of hydrazone groups is 1. The number of nitrogens with zero attached hydrogens (tertiary/aromatic N) is 2. The molecule has 0 aliphatic carbocycles. The largest absolute Gasteiger partial charge is 0.493 e. The first-order chi connectivity index (χ1) is 10.3. The standard InChI is InChI=1S/C15H16N4OS/c1-2-20-14-8-4-3-6-12(14)10-17-19-15(21)18-13-7-5-9-16-11-13/h3-11H,2H2,1H3,(H2,18,19,21). The fourth-order valence-corrected chi connectivity index (χ4v) is 1.80. The first-order valence-electron chi connectivity index (χ1n) is 6.51. The van der Waals surface area contributed by atoms with Crippen LogP contribution in [0.3, 0.4) is 0 Å². The number of thiocarbonyl (C=S) groups is 1. The zero-order valence-corrected chi connectivity index (χ0v) is 12.4. The van der Waals surface area contributed by atoms with Crippen LogP contribution in [0.4, 0.5) is 5.69 Å². The van der Waals surface area contributed by atoms with Gasteiger partial charge in [-0.2, -0.15) is 5.10 Å². The summed E-state index contributed by atoms with van der Waals surface area (Å²) in [6.07, 6.45) is 5.05. The number of hydrogen-bond acceptors (Lipinski definition) is 4. The van der Waals surface area contributed by atoms with E-state index in [1.54, 1.807) is 18.6 Å². The quantitative estimate of drug-likeness (QED) is 0.505. The Hall–Kier alpha value is -2.47. The van der Waals surface area contributed by atoms with Gasteiger partial charge in [0, 0.05) is 11.8 Å². The Balaban J connectivity index is 1.92. The van der Waals surface area contributed by atoms with Gasteiger partial charge in [-0.3, -0.25) is 10.4 Å². The maximum Gasteiger partial charge on any atom is 0.191 e. The molecule has 0 fully saturated rings. The Morgan fingerprint density at radius 2 is 2.19 bits per heavy atom. The van der Waals surface area contributed by atoms with Gasteiger partial charge >= 0.3 is 0 Å². The minimum atomic E-state index is 0.396. The van der Waals surface area contributed by atoms with Crippen LogP contribution in [0.15, 0.2) is 53.9 Å². The molecule has 108 valence electrons. The van der Waals surface area contributed by atoms with Crippen LogP contribution in [0, 0.1) is 0 Å². The van der Waals surface area contributed by atoms with Crippen LogP contribution in [-0.2, 0) is 0 Å². The van der Waals surface area contributed by atoms with Crippen LogP contribution in [0.5, 0.6) is 5.75 Å². The second-order valence-corrected chi connectivity index (χ2v) is 4.44. The number of nitrogens with one attached hydrogen (secondary N) is 2. The predicted molar refractivity (Wildman–Crippen MR) is 88.8 cm³/mol. The third-order valence-corrected chi connectivity index (χ3v) is 2.70. The second-order valence-electron chi connectivity index (χ2n) is 4.04. The molecule has 2 rings (SSSR count). The van der Waals surface area contributed by atoms with Crippen molar-refractivity contribution in [2.45, 2.75) is 6.92 Å². The third kappa shape index (κ3) is 4.85. The molecule has 6 heteroatoms. The van der Waals surface area contributed by atoms with Gasteiger partial charge in [0.25, 0.3) is 0 Å². The lowest BCUT2D eigenvalue weighted by molar-refractivity contribution is 0.340. The molecule has 0 aliphatic heterocycles. The smallest absolute Gasteiger partial charge is 0.191 e. The fourth-order valence-electron chi connectivity index (χ4n) is 1.63.